The molecule has 4 heteroatoms. The summed E-state index contributed by atoms with van der Waals surface area (Å²) in [5.74, 6) is 1.45. The van der Waals surface area contributed by atoms with Crippen molar-refractivity contribution in [3.8, 4) is 5.88 Å². The molecule has 0 saturated heterocycles. The van der Waals surface area contributed by atoms with Crippen molar-refractivity contribution in [2.45, 2.75) is 20.4 Å². The van der Waals surface area contributed by atoms with Gasteiger partial charge in [-0.05, 0) is 37.1 Å². The lowest BCUT2D eigenvalue weighted by atomic mass is 10.1. The lowest BCUT2D eigenvalue weighted by molar-refractivity contribution is 0.327. The minimum Gasteiger partial charge on any atom is -0.478 e. The number of aryl methyl sites for hydroxylation is 1. The van der Waals surface area contributed by atoms with Gasteiger partial charge in [-0.15, -0.1) is 0 Å². The summed E-state index contributed by atoms with van der Waals surface area (Å²) in [4.78, 5) is 8.47. The van der Waals surface area contributed by atoms with Crippen LogP contribution in [0.2, 0.25) is 0 Å². The molecule has 2 heterocycles. The van der Waals surface area contributed by atoms with Gasteiger partial charge in [0.2, 0.25) is 5.88 Å². The Morgan fingerprint density at radius 2 is 2.17 bits per heavy atom. The van der Waals surface area contributed by atoms with Crippen LogP contribution in [-0.2, 0) is 6.54 Å². The van der Waals surface area contributed by atoms with Crippen LogP contribution in [0.1, 0.15) is 18.1 Å². The second-order valence-corrected chi connectivity index (χ2v) is 3.95. The molecule has 94 valence electrons. The molecule has 0 atom stereocenters. The van der Waals surface area contributed by atoms with Crippen LogP contribution in [-0.4, -0.2) is 16.6 Å². The largest absolute Gasteiger partial charge is 0.478 e. The number of hydrogen-bond acceptors (Lipinski definition) is 4. The van der Waals surface area contributed by atoms with E-state index in [-0.39, 0.29) is 0 Å². The molecule has 4 nitrogen and oxygen atoms in total. The average Bonchev–Trinajstić information content (AvgIpc) is 2.39. The Labute approximate surface area is 107 Å². The molecular weight excluding hydrogens is 226 g/mol. The van der Waals surface area contributed by atoms with E-state index in [0.717, 1.165) is 5.82 Å². The number of ether oxygens (including phenoxy) is 1. The fourth-order valence-corrected chi connectivity index (χ4v) is 1.61. The van der Waals surface area contributed by atoms with Crippen molar-refractivity contribution in [1.29, 1.82) is 0 Å². The van der Waals surface area contributed by atoms with E-state index in [1.807, 2.05) is 37.4 Å². The summed E-state index contributed by atoms with van der Waals surface area (Å²) >= 11 is 0. The molecule has 2 aromatic rings. The highest BCUT2D eigenvalue weighted by Crippen LogP contribution is 2.13. The summed E-state index contributed by atoms with van der Waals surface area (Å²) in [6.45, 7) is 5.35. The monoisotopic (exact) mass is 243 g/mol. The van der Waals surface area contributed by atoms with Crippen LogP contribution < -0.4 is 10.1 Å². The number of anilines is 1. The van der Waals surface area contributed by atoms with Crippen molar-refractivity contribution in [3.05, 3.63) is 47.8 Å². The van der Waals surface area contributed by atoms with E-state index >= 15 is 0 Å². The van der Waals surface area contributed by atoms with Crippen LogP contribution in [0.5, 0.6) is 5.88 Å². The van der Waals surface area contributed by atoms with Gasteiger partial charge in [-0.1, -0.05) is 6.07 Å². The maximum Gasteiger partial charge on any atom is 0.215 e. The van der Waals surface area contributed by atoms with Gasteiger partial charge in [-0.2, -0.15) is 4.98 Å². The first-order valence-corrected chi connectivity index (χ1v) is 6.03. The predicted molar refractivity (Wildman–Crippen MR) is 71.7 cm³/mol. The predicted octanol–water partition coefficient (Wildman–Crippen LogP) is 2.80. The number of nitrogens with one attached hydrogen (secondary N) is 1. The number of hydrogen-bond donors (Lipinski definition) is 1. The van der Waals surface area contributed by atoms with E-state index in [2.05, 4.69) is 22.2 Å². The zero-order chi connectivity index (χ0) is 12.8. The Morgan fingerprint density at radius 3 is 2.94 bits per heavy atom. The Morgan fingerprint density at radius 1 is 1.28 bits per heavy atom. The molecule has 0 aliphatic rings. The lowest BCUT2D eigenvalue weighted by Crippen LogP contribution is -2.04. The van der Waals surface area contributed by atoms with Gasteiger partial charge in [0.25, 0.3) is 0 Å². The summed E-state index contributed by atoms with van der Waals surface area (Å²) in [7, 11) is 0. The first-order chi connectivity index (χ1) is 8.79. The van der Waals surface area contributed by atoms with E-state index in [9.17, 15) is 0 Å². The molecule has 0 aliphatic carbocycles. The zero-order valence-electron chi connectivity index (χ0n) is 10.7. The molecule has 18 heavy (non-hydrogen) atoms. The Balaban J connectivity index is 2.02. The highest BCUT2D eigenvalue weighted by molar-refractivity contribution is 5.38. The minimum atomic E-state index is 0.623. The normalized spacial score (nSPS) is 10.1. The van der Waals surface area contributed by atoms with Crippen molar-refractivity contribution >= 4 is 5.82 Å². The topological polar surface area (TPSA) is 47.0 Å². The Hall–Kier alpha value is -2.10. The van der Waals surface area contributed by atoms with E-state index in [1.54, 1.807) is 6.20 Å². The van der Waals surface area contributed by atoms with Crippen LogP contribution in [0.25, 0.3) is 0 Å². The number of pyridine rings is 2. The second kappa shape index (κ2) is 6.00. The third kappa shape index (κ3) is 3.20. The standard InChI is InChI=1S/C14H17N3O/c1-3-18-14-6-4-5-13(17-14)16-10-12-9-15-8-7-11(12)2/h4-9H,3,10H2,1-2H3,(H,16,17). The van der Waals surface area contributed by atoms with Crippen LogP contribution in [0.15, 0.2) is 36.7 Å². The van der Waals surface area contributed by atoms with E-state index in [4.69, 9.17) is 4.74 Å². The summed E-state index contributed by atoms with van der Waals surface area (Å²) < 4.78 is 5.36. The highest BCUT2D eigenvalue weighted by Gasteiger charge is 2.00. The van der Waals surface area contributed by atoms with Crippen molar-refractivity contribution in [2.24, 2.45) is 0 Å². The van der Waals surface area contributed by atoms with Crippen molar-refractivity contribution < 1.29 is 4.74 Å². The second-order valence-electron chi connectivity index (χ2n) is 3.95. The molecule has 0 amide bonds. The fourth-order valence-electron chi connectivity index (χ4n) is 1.61. The quantitative estimate of drug-likeness (QED) is 0.877. The first kappa shape index (κ1) is 12.4. The van der Waals surface area contributed by atoms with E-state index in [1.165, 1.54) is 11.1 Å². The molecule has 0 aliphatic heterocycles. The summed E-state index contributed by atoms with van der Waals surface area (Å²) in [6.07, 6.45) is 3.67. The molecule has 0 spiro atoms. The molecule has 2 rings (SSSR count). The van der Waals surface area contributed by atoms with Gasteiger partial charge in [-0.3, -0.25) is 4.98 Å². The minimum absolute atomic E-state index is 0.623. The fraction of sp³-hybridized carbons (Fsp3) is 0.286. The van der Waals surface area contributed by atoms with Crippen molar-refractivity contribution in [2.75, 3.05) is 11.9 Å². The average molecular weight is 243 g/mol. The van der Waals surface area contributed by atoms with Gasteiger partial charge in [0.1, 0.15) is 5.82 Å². The molecule has 0 radical (unpaired) electrons. The van der Waals surface area contributed by atoms with Crippen molar-refractivity contribution in [3.63, 3.8) is 0 Å². The van der Waals surface area contributed by atoms with Crippen molar-refractivity contribution in [1.82, 2.24) is 9.97 Å². The third-order valence-corrected chi connectivity index (χ3v) is 2.62. The van der Waals surface area contributed by atoms with E-state index < -0.39 is 0 Å². The van der Waals surface area contributed by atoms with Crippen LogP contribution in [0.3, 0.4) is 0 Å². The molecule has 0 aromatic carbocycles. The Bertz CT molecular complexity index is 514. The zero-order valence-corrected chi connectivity index (χ0v) is 10.7. The Kier molecular flexibility index (Phi) is 4.12. The van der Waals surface area contributed by atoms with Gasteiger partial charge < -0.3 is 10.1 Å². The van der Waals surface area contributed by atoms with Gasteiger partial charge in [0.15, 0.2) is 0 Å². The SMILES string of the molecule is CCOc1cccc(NCc2cnccc2C)n1. The van der Waals surface area contributed by atoms with Gasteiger partial charge in [0, 0.05) is 25.0 Å². The highest BCUT2D eigenvalue weighted by atomic mass is 16.5. The third-order valence-electron chi connectivity index (χ3n) is 2.62. The smallest absolute Gasteiger partial charge is 0.215 e. The molecule has 0 unspecified atom stereocenters. The maximum absolute atomic E-state index is 5.36. The van der Waals surface area contributed by atoms with Crippen LogP contribution >= 0.6 is 0 Å². The van der Waals surface area contributed by atoms with Gasteiger partial charge >= 0.3 is 0 Å². The lowest BCUT2D eigenvalue weighted by Gasteiger charge is -2.09. The molecular formula is C14H17N3O. The van der Waals surface area contributed by atoms with Crippen LogP contribution in [0.4, 0.5) is 5.82 Å². The molecule has 0 saturated carbocycles. The van der Waals surface area contributed by atoms with Gasteiger partial charge in [-0.25, -0.2) is 0 Å². The van der Waals surface area contributed by atoms with Crippen LogP contribution in [0, 0.1) is 6.92 Å². The number of nitrogens with zero attached hydrogens (tertiary/aromatic N) is 2. The number of rotatable bonds is 5. The first-order valence-electron chi connectivity index (χ1n) is 6.03. The maximum atomic E-state index is 5.36. The van der Waals surface area contributed by atoms with E-state index in [0.29, 0.717) is 19.0 Å². The summed E-state index contributed by atoms with van der Waals surface area (Å²) in [6, 6.07) is 7.70. The number of aromatic nitrogens is 2. The molecule has 0 bridgehead atoms. The molecule has 2 aromatic heterocycles. The summed E-state index contributed by atoms with van der Waals surface area (Å²) in [5.41, 5.74) is 2.39. The van der Waals surface area contributed by atoms with Gasteiger partial charge in [0.05, 0.1) is 6.61 Å². The molecule has 0 fully saturated rings. The molecule has 1 N–H and O–H groups in total. The summed E-state index contributed by atoms with van der Waals surface area (Å²) in [5, 5.41) is 3.27.